The summed E-state index contributed by atoms with van der Waals surface area (Å²) in [4.78, 5) is 39.9. The number of piperidine rings is 1. The summed E-state index contributed by atoms with van der Waals surface area (Å²) in [7, 11) is 1.81. The monoisotopic (exact) mass is 381 g/mol. The number of carbonyl (C=O) groups is 2. The molecule has 4 rings (SSSR count). The van der Waals surface area contributed by atoms with Gasteiger partial charge in [0, 0.05) is 26.2 Å². The second-order valence-corrected chi connectivity index (χ2v) is 7.37. The van der Waals surface area contributed by atoms with E-state index in [1.54, 1.807) is 11.9 Å². The lowest BCUT2D eigenvalue weighted by atomic mass is 10.0. The number of Topliss-reactive ketones (excluding diaryl/α,β-unsaturated/α-hetero) is 1. The van der Waals surface area contributed by atoms with Crippen LogP contribution in [0.2, 0.25) is 0 Å². The van der Waals surface area contributed by atoms with Gasteiger partial charge in [0.2, 0.25) is 5.43 Å². The van der Waals surface area contributed by atoms with Crippen molar-refractivity contribution in [1.29, 1.82) is 0 Å². The maximum Gasteiger partial charge on any atom is 0.278 e. The van der Waals surface area contributed by atoms with Gasteiger partial charge in [0.1, 0.15) is 6.17 Å². The van der Waals surface area contributed by atoms with E-state index in [0.29, 0.717) is 13.0 Å². The molecule has 0 radical (unpaired) electrons. The van der Waals surface area contributed by atoms with E-state index in [2.05, 4.69) is 0 Å². The van der Waals surface area contributed by atoms with Crippen LogP contribution < -0.4 is 10.4 Å². The first-order valence-electron chi connectivity index (χ1n) is 9.59. The molecule has 1 aromatic heterocycles. The first-order valence-corrected chi connectivity index (χ1v) is 9.59. The SMILES string of the molecule is CN1C2CCCCN2C(=O)c2c(O)c(=O)c(C(=O)CCc3ccccc3)cn21. The van der Waals surface area contributed by atoms with Crippen LogP contribution in [-0.2, 0) is 6.42 Å². The Labute approximate surface area is 162 Å². The van der Waals surface area contributed by atoms with E-state index in [-0.39, 0.29) is 35.5 Å². The summed E-state index contributed by atoms with van der Waals surface area (Å²) in [5, 5.41) is 12.3. The molecule has 146 valence electrons. The summed E-state index contributed by atoms with van der Waals surface area (Å²) in [6, 6.07) is 9.55. The quantitative estimate of drug-likeness (QED) is 0.818. The first-order chi connectivity index (χ1) is 13.5. The van der Waals surface area contributed by atoms with Gasteiger partial charge in [-0.2, -0.15) is 0 Å². The van der Waals surface area contributed by atoms with E-state index in [1.165, 1.54) is 10.9 Å². The zero-order valence-corrected chi connectivity index (χ0v) is 15.8. The lowest BCUT2D eigenvalue weighted by molar-refractivity contribution is 0.0497. The van der Waals surface area contributed by atoms with E-state index >= 15 is 0 Å². The van der Waals surface area contributed by atoms with Crippen molar-refractivity contribution in [2.45, 2.75) is 38.3 Å². The molecule has 2 aromatic rings. The number of fused-ring (bicyclic) bond motifs is 2. The Kier molecular flexibility index (Phi) is 4.66. The number of rotatable bonds is 4. The third-order valence-corrected chi connectivity index (χ3v) is 5.65. The maximum absolute atomic E-state index is 12.9. The van der Waals surface area contributed by atoms with Crippen LogP contribution in [0.5, 0.6) is 5.75 Å². The number of aromatic hydroxyl groups is 1. The van der Waals surface area contributed by atoms with Gasteiger partial charge in [-0.05, 0) is 31.2 Å². The molecule has 1 aromatic carbocycles. The number of carbonyl (C=O) groups excluding carboxylic acids is 2. The molecule has 3 heterocycles. The summed E-state index contributed by atoms with van der Waals surface area (Å²) in [6.07, 6.45) is 4.65. The molecule has 2 aliphatic rings. The van der Waals surface area contributed by atoms with Crippen molar-refractivity contribution in [3.63, 3.8) is 0 Å². The van der Waals surface area contributed by atoms with Gasteiger partial charge in [-0.15, -0.1) is 0 Å². The Hall–Kier alpha value is -3.09. The number of benzene rings is 1. The van der Waals surface area contributed by atoms with Crippen molar-refractivity contribution in [2.24, 2.45) is 0 Å². The predicted octanol–water partition coefficient (Wildman–Crippen LogP) is 1.90. The number of aryl methyl sites for hydroxylation is 1. The largest absolute Gasteiger partial charge is 0.502 e. The lowest BCUT2D eigenvalue weighted by Crippen LogP contribution is -2.61. The average Bonchev–Trinajstić information content (AvgIpc) is 2.73. The highest BCUT2D eigenvalue weighted by Gasteiger charge is 2.40. The van der Waals surface area contributed by atoms with Crippen molar-refractivity contribution < 1.29 is 14.7 Å². The summed E-state index contributed by atoms with van der Waals surface area (Å²) < 4.78 is 1.47. The molecule has 1 amide bonds. The van der Waals surface area contributed by atoms with Crippen molar-refractivity contribution >= 4 is 11.7 Å². The molecule has 1 atom stereocenters. The Morgan fingerprint density at radius 1 is 1.18 bits per heavy atom. The van der Waals surface area contributed by atoms with Crippen LogP contribution in [0.1, 0.15) is 52.1 Å². The highest BCUT2D eigenvalue weighted by atomic mass is 16.3. The van der Waals surface area contributed by atoms with Gasteiger partial charge in [0.15, 0.2) is 17.2 Å². The molecule has 1 fully saturated rings. The van der Waals surface area contributed by atoms with Crippen molar-refractivity contribution in [3.05, 3.63) is 63.6 Å². The second kappa shape index (κ2) is 7.14. The van der Waals surface area contributed by atoms with E-state index < -0.39 is 11.2 Å². The molecule has 7 nitrogen and oxygen atoms in total. The molecule has 0 aliphatic carbocycles. The fourth-order valence-corrected chi connectivity index (χ4v) is 4.09. The van der Waals surface area contributed by atoms with Gasteiger partial charge in [-0.25, -0.2) is 0 Å². The minimum Gasteiger partial charge on any atom is -0.502 e. The third kappa shape index (κ3) is 2.96. The fraction of sp³-hybridized carbons (Fsp3) is 0.381. The Morgan fingerprint density at radius 3 is 2.68 bits per heavy atom. The Bertz CT molecular complexity index is 983. The topological polar surface area (TPSA) is 82.8 Å². The first kappa shape index (κ1) is 18.3. The number of nitrogens with zero attached hydrogens (tertiary/aromatic N) is 3. The molecule has 0 spiro atoms. The summed E-state index contributed by atoms with van der Waals surface area (Å²) in [5.41, 5.74) is 0.0798. The molecule has 0 bridgehead atoms. The molecule has 1 N–H and O–H groups in total. The predicted molar refractivity (Wildman–Crippen MR) is 104 cm³/mol. The van der Waals surface area contributed by atoms with E-state index in [4.69, 9.17) is 0 Å². The molecular weight excluding hydrogens is 358 g/mol. The van der Waals surface area contributed by atoms with Crippen LogP contribution in [0.15, 0.2) is 41.3 Å². The van der Waals surface area contributed by atoms with Crippen LogP contribution in [0.3, 0.4) is 0 Å². The van der Waals surface area contributed by atoms with Gasteiger partial charge >= 0.3 is 0 Å². The van der Waals surface area contributed by atoms with Crippen molar-refractivity contribution in [1.82, 2.24) is 9.58 Å². The van der Waals surface area contributed by atoms with Crippen molar-refractivity contribution in [2.75, 3.05) is 18.6 Å². The summed E-state index contributed by atoms with van der Waals surface area (Å²) in [5.74, 6) is -1.35. The van der Waals surface area contributed by atoms with Gasteiger partial charge in [0.25, 0.3) is 5.91 Å². The molecule has 28 heavy (non-hydrogen) atoms. The highest BCUT2D eigenvalue weighted by molar-refractivity contribution is 6.00. The average molecular weight is 381 g/mol. The number of hydrogen-bond acceptors (Lipinski definition) is 5. The lowest BCUT2D eigenvalue weighted by Gasteiger charge is -2.47. The number of hydrogen-bond donors (Lipinski definition) is 1. The number of amides is 1. The number of aromatic nitrogens is 1. The standard InChI is InChI=1S/C21H23N3O4/c1-22-17-9-5-6-12-23(17)21(28)18-20(27)19(26)15(13-24(18)22)16(25)11-10-14-7-3-2-4-8-14/h2-4,7-8,13,17,27H,5-6,9-12H2,1H3. The van der Waals surface area contributed by atoms with Crippen LogP contribution in [0.25, 0.3) is 0 Å². The fourth-order valence-electron chi connectivity index (χ4n) is 4.09. The van der Waals surface area contributed by atoms with Crippen molar-refractivity contribution in [3.8, 4) is 5.75 Å². The summed E-state index contributed by atoms with van der Waals surface area (Å²) in [6.45, 7) is 0.596. The van der Waals surface area contributed by atoms with Crippen LogP contribution in [-0.4, -0.2) is 46.1 Å². The minimum atomic E-state index is -0.776. The highest BCUT2D eigenvalue weighted by Crippen LogP contribution is 2.29. The van der Waals surface area contributed by atoms with Gasteiger partial charge in [-0.1, -0.05) is 30.3 Å². The van der Waals surface area contributed by atoms with E-state index in [9.17, 15) is 19.5 Å². The number of ketones is 1. The number of pyridine rings is 1. The molecule has 0 saturated carbocycles. The van der Waals surface area contributed by atoms with Crippen LogP contribution in [0, 0.1) is 0 Å². The Balaban J connectivity index is 1.68. The smallest absolute Gasteiger partial charge is 0.278 e. The maximum atomic E-state index is 12.9. The molecule has 1 unspecified atom stereocenters. The van der Waals surface area contributed by atoms with E-state index in [0.717, 1.165) is 24.8 Å². The normalized spacial score (nSPS) is 18.6. The zero-order valence-electron chi connectivity index (χ0n) is 15.8. The van der Waals surface area contributed by atoms with Gasteiger partial charge < -0.3 is 10.0 Å². The second-order valence-electron chi connectivity index (χ2n) is 7.37. The minimum absolute atomic E-state index is 0.0646. The van der Waals surface area contributed by atoms with E-state index in [1.807, 2.05) is 35.3 Å². The molecular formula is C21H23N3O4. The zero-order chi connectivity index (χ0) is 19.8. The van der Waals surface area contributed by atoms with Crippen LogP contribution in [0.4, 0.5) is 0 Å². The Morgan fingerprint density at radius 2 is 1.93 bits per heavy atom. The molecule has 7 heteroatoms. The van der Waals surface area contributed by atoms with Crippen LogP contribution >= 0.6 is 0 Å². The molecule has 1 saturated heterocycles. The van der Waals surface area contributed by atoms with Gasteiger partial charge in [-0.3, -0.25) is 24.1 Å². The summed E-state index contributed by atoms with van der Waals surface area (Å²) >= 11 is 0. The molecule has 2 aliphatic heterocycles. The third-order valence-electron chi connectivity index (χ3n) is 5.65. The van der Waals surface area contributed by atoms with Gasteiger partial charge in [0.05, 0.1) is 5.56 Å².